The maximum absolute atomic E-state index is 13.9. The molecule has 8 heteroatoms. The first-order valence-corrected chi connectivity index (χ1v) is 13.9. The Kier molecular flexibility index (Phi) is 8.19. The number of carbonyl (C=O) groups is 1. The van der Waals surface area contributed by atoms with Crippen molar-refractivity contribution in [3.63, 3.8) is 0 Å². The predicted octanol–water partition coefficient (Wildman–Crippen LogP) is 4.16. The van der Waals surface area contributed by atoms with Crippen molar-refractivity contribution in [2.75, 3.05) is 44.7 Å². The van der Waals surface area contributed by atoms with Crippen LogP contribution in [0.4, 0.5) is 5.69 Å². The lowest BCUT2D eigenvalue weighted by Crippen LogP contribution is -2.51. The molecule has 1 amide bonds. The molecule has 0 spiro atoms. The molecule has 0 radical (unpaired) electrons. The van der Waals surface area contributed by atoms with Gasteiger partial charge in [-0.3, -0.25) is 4.79 Å². The van der Waals surface area contributed by atoms with Crippen molar-refractivity contribution in [2.24, 2.45) is 0 Å². The Morgan fingerprint density at radius 3 is 2.05 bits per heavy atom. The highest BCUT2D eigenvalue weighted by Gasteiger charge is 2.32. The molecule has 0 unspecified atom stereocenters. The second-order valence-electron chi connectivity index (χ2n) is 9.55. The van der Waals surface area contributed by atoms with Gasteiger partial charge in [0.25, 0.3) is 0 Å². The van der Waals surface area contributed by atoms with Crippen LogP contribution in [0.15, 0.2) is 71.6 Å². The van der Waals surface area contributed by atoms with E-state index in [1.807, 2.05) is 87.5 Å². The molecule has 0 bridgehead atoms. The third kappa shape index (κ3) is 6.14. The zero-order valence-corrected chi connectivity index (χ0v) is 22.8. The van der Waals surface area contributed by atoms with Gasteiger partial charge in [0, 0.05) is 38.4 Å². The fourth-order valence-corrected chi connectivity index (χ4v) is 6.76. The molecule has 37 heavy (non-hydrogen) atoms. The van der Waals surface area contributed by atoms with Gasteiger partial charge in [-0.25, -0.2) is 8.42 Å². The van der Waals surface area contributed by atoms with E-state index in [1.165, 1.54) is 4.31 Å². The number of rotatable bonds is 8. The third-order valence-corrected chi connectivity index (χ3v) is 8.88. The van der Waals surface area contributed by atoms with Crippen LogP contribution in [-0.4, -0.2) is 63.4 Å². The van der Waals surface area contributed by atoms with Gasteiger partial charge in [-0.05, 0) is 61.7 Å². The van der Waals surface area contributed by atoms with Crippen LogP contribution in [0.25, 0.3) is 0 Å². The summed E-state index contributed by atoms with van der Waals surface area (Å²) in [6.07, 6.45) is 0. The van der Waals surface area contributed by atoms with Gasteiger partial charge >= 0.3 is 0 Å². The minimum atomic E-state index is -3.91. The van der Waals surface area contributed by atoms with E-state index < -0.39 is 10.0 Å². The molecular weight excluding hydrogens is 486 g/mol. The van der Waals surface area contributed by atoms with Crippen molar-refractivity contribution in [3.05, 3.63) is 89.0 Å². The number of ether oxygens (including phenoxy) is 1. The summed E-state index contributed by atoms with van der Waals surface area (Å²) in [5.74, 6) is 0.618. The Bertz CT molecular complexity index is 1310. The number of amides is 1. The standard InChI is InChI=1S/C29H35N3O4S/c1-22-18-23(2)29(24(3)19-22)37(34,35)32(20-25-8-6-5-7-9-25)21-28(33)31-16-14-30(15-17-31)26-10-12-27(36-4)13-11-26/h5-13,18-19H,14-17,20-21H2,1-4H3. The van der Waals surface area contributed by atoms with Crippen LogP contribution in [0.3, 0.4) is 0 Å². The molecule has 1 aliphatic heterocycles. The van der Waals surface area contributed by atoms with Gasteiger partial charge in [0.15, 0.2) is 0 Å². The summed E-state index contributed by atoms with van der Waals surface area (Å²) in [5.41, 5.74) is 4.30. The Balaban J connectivity index is 1.52. The number of hydrogen-bond donors (Lipinski definition) is 0. The highest BCUT2D eigenvalue weighted by Crippen LogP contribution is 2.27. The topological polar surface area (TPSA) is 70.2 Å². The maximum Gasteiger partial charge on any atom is 0.244 e. The average Bonchev–Trinajstić information content (AvgIpc) is 2.88. The Morgan fingerprint density at radius 2 is 1.49 bits per heavy atom. The number of anilines is 1. The monoisotopic (exact) mass is 521 g/mol. The van der Waals surface area contributed by atoms with Crippen LogP contribution in [0.2, 0.25) is 0 Å². The fraction of sp³-hybridized carbons (Fsp3) is 0.345. The molecule has 3 aromatic rings. The van der Waals surface area contributed by atoms with Crippen molar-refractivity contribution >= 4 is 21.6 Å². The molecule has 1 saturated heterocycles. The van der Waals surface area contributed by atoms with Crippen LogP contribution in [-0.2, 0) is 21.4 Å². The quantitative estimate of drug-likeness (QED) is 0.445. The van der Waals surface area contributed by atoms with E-state index in [4.69, 9.17) is 4.74 Å². The minimum Gasteiger partial charge on any atom is -0.497 e. The van der Waals surface area contributed by atoms with Gasteiger partial charge in [-0.2, -0.15) is 4.31 Å². The van der Waals surface area contributed by atoms with Crippen LogP contribution in [0, 0.1) is 20.8 Å². The number of benzene rings is 3. The van der Waals surface area contributed by atoms with Crippen molar-refractivity contribution in [1.29, 1.82) is 0 Å². The number of hydrogen-bond acceptors (Lipinski definition) is 5. The molecule has 0 N–H and O–H groups in total. The van der Waals surface area contributed by atoms with Crippen LogP contribution in [0.1, 0.15) is 22.3 Å². The zero-order chi connectivity index (χ0) is 26.6. The number of carbonyl (C=O) groups excluding carboxylic acids is 1. The average molecular weight is 522 g/mol. The van der Waals surface area contributed by atoms with E-state index in [0.717, 1.165) is 22.6 Å². The van der Waals surface area contributed by atoms with Crippen LogP contribution < -0.4 is 9.64 Å². The molecule has 0 aromatic heterocycles. The molecule has 0 aliphatic carbocycles. The molecule has 3 aromatic carbocycles. The van der Waals surface area contributed by atoms with E-state index in [1.54, 1.807) is 12.0 Å². The van der Waals surface area contributed by atoms with Crippen molar-refractivity contribution < 1.29 is 17.9 Å². The predicted molar refractivity (Wildman–Crippen MR) is 146 cm³/mol. The van der Waals surface area contributed by atoms with E-state index in [9.17, 15) is 13.2 Å². The number of methoxy groups -OCH3 is 1. The van der Waals surface area contributed by atoms with E-state index >= 15 is 0 Å². The summed E-state index contributed by atoms with van der Waals surface area (Å²) in [7, 11) is -2.27. The lowest BCUT2D eigenvalue weighted by Gasteiger charge is -2.37. The normalized spacial score (nSPS) is 14.2. The van der Waals surface area contributed by atoms with Gasteiger partial charge in [0.1, 0.15) is 5.75 Å². The van der Waals surface area contributed by atoms with Gasteiger partial charge in [0.05, 0.1) is 18.6 Å². The molecule has 1 aliphatic rings. The second kappa shape index (κ2) is 11.4. The summed E-state index contributed by atoms with van der Waals surface area (Å²) in [6, 6.07) is 21.0. The molecule has 0 saturated carbocycles. The number of piperazine rings is 1. The second-order valence-corrected chi connectivity index (χ2v) is 11.4. The summed E-state index contributed by atoms with van der Waals surface area (Å²) >= 11 is 0. The first-order valence-electron chi connectivity index (χ1n) is 12.5. The van der Waals surface area contributed by atoms with Crippen LogP contribution >= 0.6 is 0 Å². The van der Waals surface area contributed by atoms with Gasteiger partial charge < -0.3 is 14.5 Å². The Labute approximate surface area is 220 Å². The molecule has 0 atom stereocenters. The largest absolute Gasteiger partial charge is 0.497 e. The molecule has 1 fully saturated rings. The molecular formula is C29H35N3O4S. The first kappa shape index (κ1) is 26.7. The maximum atomic E-state index is 13.9. The zero-order valence-electron chi connectivity index (χ0n) is 22.0. The lowest BCUT2D eigenvalue weighted by molar-refractivity contribution is -0.131. The third-order valence-electron chi connectivity index (χ3n) is 6.79. The SMILES string of the molecule is COc1ccc(N2CCN(C(=O)CN(Cc3ccccc3)S(=O)(=O)c3c(C)cc(C)cc3C)CC2)cc1. The first-order chi connectivity index (χ1) is 17.7. The molecule has 1 heterocycles. The van der Waals surface area contributed by atoms with Crippen molar-refractivity contribution in [3.8, 4) is 5.75 Å². The van der Waals surface area contributed by atoms with E-state index in [0.29, 0.717) is 37.3 Å². The van der Waals surface area contributed by atoms with Crippen LogP contribution in [0.5, 0.6) is 5.75 Å². The molecule has 7 nitrogen and oxygen atoms in total. The number of sulfonamides is 1. The lowest BCUT2D eigenvalue weighted by atomic mass is 10.1. The highest BCUT2D eigenvalue weighted by atomic mass is 32.2. The minimum absolute atomic E-state index is 0.132. The van der Waals surface area contributed by atoms with Crippen molar-refractivity contribution in [2.45, 2.75) is 32.2 Å². The van der Waals surface area contributed by atoms with Gasteiger partial charge in [-0.1, -0.05) is 48.0 Å². The van der Waals surface area contributed by atoms with Gasteiger partial charge in [0.2, 0.25) is 15.9 Å². The summed E-state index contributed by atoms with van der Waals surface area (Å²) in [5, 5.41) is 0. The Hall–Kier alpha value is -3.36. The Morgan fingerprint density at radius 1 is 0.892 bits per heavy atom. The van der Waals surface area contributed by atoms with Crippen molar-refractivity contribution in [1.82, 2.24) is 9.21 Å². The summed E-state index contributed by atoms with van der Waals surface area (Å²) < 4.78 is 34.4. The number of aryl methyl sites for hydroxylation is 3. The fourth-order valence-electron chi connectivity index (χ4n) is 4.97. The summed E-state index contributed by atoms with van der Waals surface area (Å²) in [6.45, 7) is 7.94. The van der Waals surface area contributed by atoms with E-state index in [2.05, 4.69) is 4.90 Å². The van der Waals surface area contributed by atoms with Gasteiger partial charge in [-0.15, -0.1) is 0 Å². The van der Waals surface area contributed by atoms with E-state index in [-0.39, 0.29) is 23.9 Å². The highest BCUT2D eigenvalue weighted by molar-refractivity contribution is 7.89. The summed E-state index contributed by atoms with van der Waals surface area (Å²) in [4.78, 5) is 17.7. The number of nitrogens with zero attached hydrogens (tertiary/aromatic N) is 3. The smallest absolute Gasteiger partial charge is 0.244 e. The molecule has 196 valence electrons. The molecule has 4 rings (SSSR count).